The molecule has 2 N–H and O–H groups in total. The van der Waals surface area contributed by atoms with Gasteiger partial charge in [-0.3, -0.25) is 14.6 Å². The molecule has 200 valence electrons. The smallest absolute Gasteiger partial charge is 0.481 e. The molecule has 37 heavy (non-hydrogen) atoms. The number of aryl methyl sites for hydroxylation is 1. The first-order chi connectivity index (χ1) is 17.4. The van der Waals surface area contributed by atoms with Crippen LogP contribution < -0.4 is 15.4 Å². The fourth-order valence-electron chi connectivity index (χ4n) is 3.68. The summed E-state index contributed by atoms with van der Waals surface area (Å²) in [5, 5.41) is 6.24. The van der Waals surface area contributed by atoms with E-state index in [9.17, 15) is 9.59 Å². The van der Waals surface area contributed by atoms with Crippen LogP contribution >= 0.6 is 11.6 Å². The third kappa shape index (κ3) is 7.41. The van der Waals surface area contributed by atoms with Gasteiger partial charge in [0.25, 0.3) is 5.91 Å². The molecule has 1 saturated heterocycles. The average Bonchev–Trinajstić information content (AvgIpc) is 3.06. The predicted octanol–water partition coefficient (Wildman–Crippen LogP) is 2.77. The Kier molecular flexibility index (Phi) is 9.52. The zero-order valence-corrected chi connectivity index (χ0v) is 22.8. The minimum absolute atomic E-state index is 0.0472. The van der Waals surface area contributed by atoms with Crippen LogP contribution in [0.5, 0.6) is 5.75 Å². The molecule has 1 fully saturated rings. The maximum absolute atomic E-state index is 13.3. The van der Waals surface area contributed by atoms with Crippen LogP contribution in [0, 0.1) is 6.92 Å². The van der Waals surface area contributed by atoms with Crippen LogP contribution in [0.4, 0.5) is 0 Å². The topological polar surface area (TPSA) is 121 Å². The van der Waals surface area contributed by atoms with E-state index in [-0.39, 0.29) is 18.9 Å². The van der Waals surface area contributed by atoms with E-state index in [1.807, 2.05) is 40.7 Å². The molecule has 1 aliphatic rings. The SMILES string of the molecule is COC[C@@H](NC(=O)c1cnccn1)C(=O)NC(CCOc1ccc(Cl)cc1C)B1OC(C)(C)C(C)(C)O1. The van der Waals surface area contributed by atoms with Crippen molar-refractivity contribution in [1.29, 1.82) is 0 Å². The molecule has 2 amide bonds. The number of carbonyl (C=O) groups excluding carboxylic acids is 2. The standard InChI is InChI=1S/C25H34BClN4O6/c1-16-13-17(27)7-8-20(16)35-12-9-21(26-36-24(2,3)25(4,5)37-26)31-23(33)19(15-34-6)30-22(32)18-14-28-10-11-29-18/h7-8,10-11,13-14,19,21H,9,12,15H2,1-6H3,(H,30,32)(H,31,33)/t19-,21?/m1/s1. The molecule has 0 aliphatic carbocycles. The first-order valence-corrected chi connectivity index (χ1v) is 12.4. The highest BCUT2D eigenvalue weighted by Crippen LogP contribution is 2.38. The fraction of sp³-hybridized carbons (Fsp3) is 0.520. The second kappa shape index (κ2) is 12.2. The summed E-state index contributed by atoms with van der Waals surface area (Å²) in [6, 6.07) is 4.40. The molecule has 10 nitrogen and oxygen atoms in total. The number of hydrogen-bond acceptors (Lipinski definition) is 8. The molecule has 2 aromatic rings. The quantitative estimate of drug-likeness (QED) is 0.424. The minimum atomic E-state index is -0.983. The lowest BCUT2D eigenvalue weighted by atomic mass is 9.76. The van der Waals surface area contributed by atoms with Gasteiger partial charge in [0, 0.05) is 30.9 Å². The third-order valence-corrected chi connectivity index (χ3v) is 6.74. The van der Waals surface area contributed by atoms with E-state index in [1.165, 1.54) is 25.7 Å². The van der Waals surface area contributed by atoms with E-state index in [4.69, 9.17) is 30.4 Å². The van der Waals surface area contributed by atoms with Crippen molar-refractivity contribution >= 4 is 30.5 Å². The molecule has 12 heteroatoms. The number of benzene rings is 1. The fourth-order valence-corrected chi connectivity index (χ4v) is 3.91. The first-order valence-electron chi connectivity index (χ1n) is 12.0. The van der Waals surface area contributed by atoms with Gasteiger partial charge in [-0.05, 0) is 58.4 Å². The van der Waals surface area contributed by atoms with E-state index in [2.05, 4.69) is 20.6 Å². The van der Waals surface area contributed by atoms with Crippen molar-refractivity contribution in [1.82, 2.24) is 20.6 Å². The van der Waals surface area contributed by atoms with Gasteiger partial charge in [-0.2, -0.15) is 0 Å². The van der Waals surface area contributed by atoms with Gasteiger partial charge in [0.15, 0.2) is 0 Å². The molecule has 1 unspecified atom stereocenters. The number of nitrogens with zero attached hydrogens (tertiary/aromatic N) is 2. The lowest BCUT2D eigenvalue weighted by molar-refractivity contribution is -0.124. The number of amides is 2. The highest BCUT2D eigenvalue weighted by atomic mass is 35.5. The van der Waals surface area contributed by atoms with E-state index in [1.54, 1.807) is 12.1 Å². The average molecular weight is 533 g/mol. The Morgan fingerprint density at radius 3 is 2.43 bits per heavy atom. The minimum Gasteiger partial charge on any atom is -0.493 e. The second-order valence-electron chi connectivity index (χ2n) is 9.86. The van der Waals surface area contributed by atoms with Gasteiger partial charge in [0.05, 0.1) is 36.6 Å². The van der Waals surface area contributed by atoms with Crippen molar-refractivity contribution in [3.63, 3.8) is 0 Å². The van der Waals surface area contributed by atoms with Crippen LogP contribution in [0.1, 0.15) is 50.2 Å². The summed E-state index contributed by atoms with van der Waals surface area (Å²) in [5.41, 5.74) is -0.206. The van der Waals surface area contributed by atoms with Crippen molar-refractivity contribution in [2.24, 2.45) is 0 Å². The van der Waals surface area contributed by atoms with Crippen LogP contribution in [0.3, 0.4) is 0 Å². The molecule has 3 rings (SSSR count). The number of ether oxygens (including phenoxy) is 2. The normalized spacial score (nSPS) is 17.6. The number of hydrogen-bond donors (Lipinski definition) is 2. The molecule has 2 heterocycles. The Morgan fingerprint density at radius 2 is 1.84 bits per heavy atom. The van der Waals surface area contributed by atoms with Crippen LogP contribution in [-0.4, -0.2) is 72.4 Å². The Balaban J connectivity index is 1.73. The number of aromatic nitrogens is 2. The van der Waals surface area contributed by atoms with E-state index >= 15 is 0 Å². The van der Waals surface area contributed by atoms with Gasteiger partial charge >= 0.3 is 7.12 Å². The van der Waals surface area contributed by atoms with Crippen LogP contribution in [0.25, 0.3) is 0 Å². The van der Waals surface area contributed by atoms with Crippen molar-refractivity contribution in [3.8, 4) is 5.75 Å². The van der Waals surface area contributed by atoms with Gasteiger partial charge in [0.2, 0.25) is 5.91 Å². The maximum Gasteiger partial charge on any atom is 0.481 e. The number of nitrogens with one attached hydrogen (secondary N) is 2. The lowest BCUT2D eigenvalue weighted by Gasteiger charge is -2.32. The van der Waals surface area contributed by atoms with Crippen molar-refractivity contribution < 1.29 is 28.4 Å². The lowest BCUT2D eigenvalue weighted by Crippen LogP contribution is -2.56. The van der Waals surface area contributed by atoms with Gasteiger partial charge in [0.1, 0.15) is 17.5 Å². The number of carbonyl (C=O) groups is 2. The number of methoxy groups -OCH3 is 1. The van der Waals surface area contributed by atoms with Gasteiger partial charge in [-0.25, -0.2) is 4.98 Å². The molecule has 0 radical (unpaired) electrons. The summed E-state index contributed by atoms with van der Waals surface area (Å²) in [7, 11) is 0.714. The third-order valence-electron chi connectivity index (χ3n) is 6.50. The zero-order valence-electron chi connectivity index (χ0n) is 22.0. The summed E-state index contributed by atoms with van der Waals surface area (Å²) in [6.07, 6.45) is 4.55. The van der Waals surface area contributed by atoms with Crippen LogP contribution in [0.15, 0.2) is 36.8 Å². The van der Waals surface area contributed by atoms with Gasteiger partial charge in [-0.1, -0.05) is 11.6 Å². The van der Waals surface area contributed by atoms with Gasteiger partial charge in [-0.15, -0.1) is 0 Å². The first kappa shape index (κ1) is 28.8. The highest BCUT2D eigenvalue weighted by molar-refractivity contribution is 6.48. The van der Waals surface area contributed by atoms with Crippen LogP contribution in [-0.2, 0) is 18.8 Å². The molecule has 1 aromatic heterocycles. The highest BCUT2D eigenvalue weighted by Gasteiger charge is 2.54. The molecular weight excluding hydrogens is 499 g/mol. The molecular formula is C25H34BClN4O6. The van der Waals surface area contributed by atoms with Crippen molar-refractivity contribution in [2.45, 2.75) is 64.2 Å². The largest absolute Gasteiger partial charge is 0.493 e. The Hall–Kier alpha value is -2.73. The van der Waals surface area contributed by atoms with Crippen molar-refractivity contribution in [2.75, 3.05) is 20.3 Å². The monoisotopic (exact) mass is 532 g/mol. The van der Waals surface area contributed by atoms with E-state index < -0.39 is 42.1 Å². The van der Waals surface area contributed by atoms with E-state index in [0.29, 0.717) is 17.2 Å². The molecule has 1 aliphatic heterocycles. The van der Waals surface area contributed by atoms with Gasteiger partial charge < -0.3 is 29.4 Å². The summed E-state index contributed by atoms with van der Waals surface area (Å²) in [6.45, 7) is 9.89. The molecule has 0 saturated carbocycles. The van der Waals surface area contributed by atoms with Crippen LogP contribution in [0.2, 0.25) is 5.02 Å². The zero-order chi connectivity index (χ0) is 27.2. The Labute approximate surface area is 222 Å². The predicted molar refractivity (Wildman–Crippen MR) is 139 cm³/mol. The summed E-state index contributed by atoms with van der Waals surface area (Å²) >= 11 is 6.05. The number of rotatable bonds is 11. The molecule has 2 atom stereocenters. The Morgan fingerprint density at radius 1 is 1.14 bits per heavy atom. The van der Waals surface area contributed by atoms with Crippen molar-refractivity contribution in [3.05, 3.63) is 53.1 Å². The summed E-state index contributed by atoms with van der Waals surface area (Å²) in [4.78, 5) is 33.8. The van der Waals surface area contributed by atoms with E-state index in [0.717, 1.165) is 5.56 Å². The summed E-state index contributed by atoms with van der Waals surface area (Å²) < 4.78 is 23.6. The molecule has 1 aromatic carbocycles. The molecule has 0 spiro atoms. The summed E-state index contributed by atoms with van der Waals surface area (Å²) in [5.74, 6) is -0.883. The molecule has 0 bridgehead atoms. The maximum atomic E-state index is 13.3. The Bertz CT molecular complexity index is 1070. The second-order valence-corrected chi connectivity index (χ2v) is 10.3. The number of halogens is 1.